The van der Waals surface area contributed by atoms with Crippen molar-refractivity contribution in [3.8, 4) is 0 Å². The number of anilines is 1. The standard InChI is InChI=1S/C16H20N2O2/c1-2-17-10-13-9-16(13,11-17)12-3-5-14(6-4-12)18-7-8-20-15(18)19/h3-6,13H,2,7-11H2,1H3. The summed E-state index contributed by atoms with van der Waals surface area (Å²) < 4.78 is 4.99. The Labute approximate surface area is 119 Å². The van der Waals surface area contributed by atoms with Crippen molar-refractivity contribution in [1.82, 2.24) is 4.90 Å². The van der Waals surface area contributed by atoms with Crippen LogP contribution in [0.4, 0.5) is 10.5 Å². The van der Waals surface area contributed by atoms with Crippen LogP contribution in [-0.2, 0) is 10.2 Å². The first-order chi connectivity index (χ1) is 9.73. The van der Waals surface area contributed by atoms with Gasteiger partial charge in [0.25, 0.3) is 0 Å². The second-order valence-corrected chi connectivity index (χ2v) is 6.20. The van der Waals surface area contributed by atoms with Gasteiger partial charge >= 0.3 is 6.09 Å². The molecule has 1 saturated carbocycles. The van der Waals surface area contributed by atoms with E-state index in [0.717, 1.165) is 18.2 Å². The Balaban J connectivity index is 1.55. The van der Waals surface area contributed by atoms with Gasteiger partial charge in [-0.25, -0.2) is 4.79 Å². The molecule has 2 saturated heterocycles. The highest BCUT2D eigenvalue weighted by atomic mass is 16.6. The first-order valence-corrected chi connectivity index (χ1v) is 7.50. The zero-order chi connectivity index (χ0) is 13.7. The van der Waals surface area contributed by atoms with E-state index in [4.69, 9.17) is 4.74 Å². The summed E-state index contributed by atoms with van der Waals surface area (Å²) in [6.07, 6.45) is 1.10. The number of likely N-dealkylation sites (N-methyl/N-ethyl adjacent to an activating group) is 1. The molecule has 1 amide bonds. The molecule has 2 heterocycles. The van der Waals surface area contributed by atoms with E-state index in [1.165, 1.54) is 25.1 Å². The molecule has 1 aliphatic carbocycles. The van der Waals surface area contributed by atoms with Crippen molar-refractivity contribution >= 4 is 11.8 Å². The van der Waals surface area contributed by atoms with E-state index in [1.54, 1.807) is 4.90 Å². The van der Waals surface area contributed by atoms with E-state index < -0.39 is 0 Å². The fourth-order valence-corrected chi connectivity index (χ4v) is 3.88. The summed E-state index contributed by atoms with van der Waals surface area (Å²) in [6, 6.07) is 8.56. The number of piperidine rings is 1. The Morgan fingerprint density at radius 3 is 2.75 bits per heavy atom. The van der Waals surface area contributed by atoms with E-state index in [1.807, 2.05) is 0 Å². The van der Waals surface area contributed by atoms with E-state index in [0.29, 0.717) is 18.6 Å². The number of benzene rings is 1. The molecule has 0 aromatic heterocycles. The lowest BCUT2D eigenvalue weighted by atomic mass is 9.95. The van der Waals surface area contributed by atoms with E-state index in [-0.39, 0.29) is 6.09 Å². The Hall–Kier alpha value is -1.55. The fourth-order valence-electron chi connectivity index (χ4n) is 3.88. The van der Waals surface area contributed by atoms with Crippen molar-refractivity contribution in [1.29, 1.82) is 0 Å². The van der Waals surface area contributed by atoms with Gasteiger partial charge in [-0.15, -0.1) is 0 Å². The number of rotatable bonds is 3. The van der Waals surface area contributed by atoms with Crippen molar-refractivity contribution in [2.75, 3.05) is 37.7 Å². The van der Waals surface area contributed by atoms with Gasteiger partial charge in [-0.1, -0.05) is 19.1 Å². The van der Waals surface area contributed by atoms with Crippen molar-refractivity contribution < 1.29 is 9.53 Å². The van der Waals surface area contributed by atoms with Crippen LogP contribution in [0.2, 0.25) is 0 Å². The average Bonchev–Trinajstić information content (AvgIpc) is 2.84. The third-order valence-corrected chi connectivity index (χ3v) is 5.18. The minimum atomic E-state index is -0.224. The number of hydrogen-bond acceptors (Lipinski definition) is 3. The summed E-state index contributed by atoms with van der Waals surface area (Å²) in [5, 5.41) is 0. The summed E-state index contributed by atoms with van der Waals surface area (Å²) in [4.78, 5) is 15.8. The smallest absolute Gasteiger partial charge is 0.414 e. The molecule has 4 heteroatoms. The predicted molar refractivity (Wildman–Crippen MR) is 77.0 cm³/mol. The summed E-state index contributed by atoms with van der Waals surface area (Å²) in [6.45, 7) is 6.99. The normalized spacial score (nSPS) is 32.4. The number of fused-ring (bicyclic) bond motifs is 1. The lowest BCUT2D eigenvalue weighted by Gasteiger charge is -2.20. The number of hydrogen-bond donors (Lipinski definition) is 0. The summed E-state index contributed by atoms with van der Waals surface area (Å²) in [7, 11) is 0. The van der Waals surface area contributed by atoms with Crippen LogP contribution in [0, 0.1) is 5.92 Å². The molecule has 0 N–H and O–H groups in total. The molecule has 4 nitrogen and oxygen atoms in total. The molecule has 2 unspecified atom stereocenters. The molecule has 0 bridgehead atoms. The van der Waals surface area contributed by atoms with Crippen LogP contribution in [0.3, 0.4) is 0 Å². The number of nitrogens with zero attached hydrogens (tertiary/aromatic N) is 2. The topological polar surface area (TPSA) is 32.8 Å². The highest BCUT2D eigenvalue weighted by Gasteiger charge is 2.60. The van der Waals surface area contributed by atoms with Crippen molar-refractivity contribution in [2.24, 2.45) is 5.92 Å². The second-order valence-electron chi connectivity index (χ2n) is 6.20. The van der Waals surface area contributed by atoms with Crippen LogP contribution in [0.1, 0.15) is 18.9 Å². The Morgan fingerprint density at radius 1 is 1.35 bits per heavy atom. The van der Waals surface area contributed by atoms with Crippen LogP contribution in [0.15, 0.2) is 24.3 Å². The highest BCUT2D eigenvalue weighted by molar-refractivity contribution is 5.89. The number of carbonyl (C=O) groups is 1. The van der Waals surface area contributed by atoms with Crippen molar-refractivity contribution in [3.63, 3.8) is 0 Å². The number of cyclic esters (lactones) is 1. The lowest BCUT2D eigenvalue weighted by molar-refractivity contribution is 0.181. The summed E-state index contributed by atoms with van der Waals surface area (Å²) in [5.41, 5.74) is 2.80. The largest absolute Gasteiger partial charge is 0.447 e. The predicted octanol–water partition coefficient (Wildman–Crippen LogP) is 2.24. The minimum Gasteiger partial charge on any atom is -0.447 e. The van der Waals surface area contributed by atoms with Crippen molar-refractivity contribution in [3.05, 3.63) is 29.8 Å². The summed E-state index contributed by atoms with van der Waals surface area (Å²) in [5.74, 6) is 0.838. The third kappa shape index (κ3) is 1.67. The van der Waals surface area contributed by atoms with Gasteiger partial charge in [0.2, 0.25) is 0 Å². The monoisotopic (exact) mass is 272 g/mol. The van der Waals surface area contributed by atoms with E-state index in [9.17, 15) is 4.79 Å². The maximum Gasteiger partial charge on any atom is 0.414 e. The molecule has 2 atom stereocenters. The Morgan fingerprint density at radius 2 is 2.15 bits per heavy atom. The molecule has 3 aliphatic rings. The first-order valence-electron chi connectivity index (χ1n) is 7.50. The molecule has 1 aromatic rings. The number of ether oxygens (including phenoxy) is 1. The maximum absolute atomic E-state index is 11.6. The van der Waals surface area contributed by atoms with Crippen LogP contribution < -0.4 is 4.90 Å². The molecule has 1 aromatic carbocycles. The Kier molecular flexibility index (Phi) is 2.58. The van der Waals surface area contributed by atoms with Gasteiger partial charge in [0.05, 0.1) is 6.54 Å². The second kappa shape index (κ2) is 4.22. The Bertz CT molecular complexity index is 542. The summed E-state index contributed by atoms with van der Waals surface area (Å²) >= 11 is 0. The zero-order valence-corrected chi connectivity index (χ0v) is 11.8. The number of amides is 1. The van der Waals surface area contributed by atoms with Crippen LogP contribution in [0.5, 0.6) is 0 Å². The number of carbonyl (C=O) groups excluding carboxylic acids is 1. The number of likely N-dealkylation sites (tertiary alicyclic amines) is 1. The quantitative estimate of drug-likeness (QED) is 0.846. The average molecular weight is 272 g/mol. The van der Waals surface area contributed by atoms with Gasteiger partial charge in [-0.2, -0.15) is 0 Å². The highest BCUT2D eigenvalue weighted by Crippen LogP contribution is 2.58. The SMILES string of the molecule is CCN1CC2CC2(c2ccc(N3CCOC3=O)cc2)C1. The van der Waals surface area contributed by atoms with Gasteiger partial charge in [-0.3, -0.25) is 4.90 Å². The van der Waals surface area contributed by atoms with E-state index >= 15 is 0 Å². The fraction of sp³-hybridized carbons (Fsp3) is 0.562. The zero-order valence-electron chi connectivity index (χ0n) is 11.8. The van der Waals surface area contributed by atoms with Crippen LogP contribution >= 0.6 is 0 Å². The maximum atomic E-state index is 11.6. The van der Waals surface area contributed by atoms with Crippen LogP contribution in [0.25, 0.3) is 0 Å². The molecule has 0 radical (unpaired) electrons. The first kappa shape index (κ1) is 12.2. The molecule has 3 fully saturated rings. The lowest BCUT2D eigenvalue weighted by Crippen LogP contribution is -2.26. The van der Waals surface area contributed by atoms with Crippen molar-refractivity contribution in [2.45, 2.75) is 18.8 Å². The third-order valence-electron chi connectivity index (χ3n) is 5.18. The van der Waals surface area contributed by atoms with E-state index in [2.05, 4.69) is 36.1 Å². The molecule has 0 spiro atoms. The molecule has 4 rings (SSSR count). The van der Waals surface area contributed by atoms with Gasteiger partial charge < -0.3 is 9.64 Å². The van der Waals surface area contributed by atoms with Gasteiger partial charge in [0.1, 0.15) is 6.61 Å². The van der Waals surface area contributed by atoms with Crippen LogP contribution in [-0.4, -0.2) is 43.8 Å². The molecule has 106 valence electrons. The van der Waals surface area contributed by atoms with Gasteiger partial charge in [0.15, 0.2) is 0 Å². The molecule has 20 heavy (non-hydrogen) atoms. The minimum absolute atomic E-state index is 0.224. The molecular formula is C16H20N2O2. The van der Waals surface area contributed by atoms with Gasteiger partial charge in [-0.05, 0) is 36.6 Å². The molecular weight excluding hydrogens is 252 g/mol. The van der Waals surface area contributed by atoms with Gasteiger partial charge in [0, 0.05) is 24.2 Å². The molecule has 2 aliphatic heterocycles.